The number of hydrogen-bond donors (Lipinski definition) is 1. The van der Waals surface area contributed by atoms with Crippen molar-refractivity contribution >= 4 is 17.8 Å². The number of aromatic nitrogens is 2. The van der Waals surface area contributed by atoms with Crippen LogP contribution in [0.4, 0.5) is 5.95 Å². The minimum absolute atomic E-state index is 0.119. The molecule has 1 aliphatic rings. The topological polar surface area (TPSA) is 98.4 Å². The first-order valence-electron chi connectivity index (χ1n) is 5.89. The lowest BCUT2D eigenvalue weighted by Gasteiger charge is -2.47. The average molecular weight is 264 g/mol. The second kappa shape index (κ2) is 4.49. The molecule has 1 aromatic heterocycles. The highest BCUT2D eigenvalue weighted by atomic mass is 16.5. The molecule has 7 heteroatoms. The Bertz CT molecular complexity index is 546. The lowest BCUT2D eigenvalue weighted by atomic mass is 9.86. The third kappa shape index (κ3) is 2.00. The number of aryl methyl sites for hydroxylation is 1. The predicted octanol–water partition coefficient (Wildman–Crippen LogP) is 0.145. The number of esters is 1. The second-order valence-corrected chi connectivity index (χ2v) is 4.70. The molecule has 2 N–H and O–H groups in total. The zero-order chi connectivity index (χ0) is 14.2. The highest BCUT2D eigenvalue weighted by Crippen LogP contribution is 2.33. The molecule has 19 heavy (non-hydrogen) atoms. The number of methoxy groups -OCH3 is 1. The van der Waals surface area contributed by atoms with Gasteiger partial charge in [-0.2, -0.15) is 0 Å². The van der Waals surface area contributed by atoms with Gasteiger partial charge in [0.25, 0.3) is 5.91 Å². The summed E-state index contributed by atoms with van der Waals surface area (Å²) in [6.07, 6.45) is 1.97. The van der Waals surface area contributed by atoms with Crippen LogP contribution >= 0.6 is 0 Å². The van der Waals surface area contributed by atoms with Crippen LogP contribution in [0.1, 0.15) is 29.4 Å². The minimum atomic E-state index is -0.903. The normalized spacial score (nSPS) is 21.7. The van der Waals surface area contributed by atoms with Crippen LogP contribution in [-0.4, -0.2) is 45.9 Å². The number of anilines is 1. The maximum Gasteiger partial charge on any atom is 0.331 e. The Balaban J connectivity index is 2.28. The minimum Gasteiger partial charge on any atom is -0.467 e. The molecule has 0 bridgehead atoms. The predicted molar refractivity (Wildman–Crippen MR) is 67.3 cm³/mol. The largest absolute Gasteiger partial charge is 0.467 e. The summed E-state index contributed by atoms with van der Waals surface area (Å²) in [5, 5.41) is 0. The molecule has 1 aliphatic heterocycles. The average Bonchev–Trinajstić information content (AvgIpc) is 2.35. The summed E-state index contributed by atoms with van der Waals surface area (Å²) < 4.78 is 4.74. The highest BCUT2D eigenvalue weighted by molar-refractivity contribution is 5.99. The van der Waals surface area contributed by atoms with E-state index in [9.17, 15) is 9.59 Å². The van der Waals surface area contributed by atoms with Gasteiger partial charge in [-0.3, -0.25) is 4.79 Å². The SMILES string of the molecule is COC(=O)C1(C)CCN1C(=O)c1cnc(N)nc1C. The summed E-state index contributed by atoms with van der Waals surface area (Å²) in [6, 6.07) is 0. The van der Waals surface area contributed by atoms with Gasteiger partial charge in [0.05, 0.1) is 18.4 Å². The van der Waals surface area contributed by atoms with E-state index in [2.05, 4.69) is 9.97 Å². The van der Waals surface area contributed by atoms with Gasteiger partial charge in [0.1, 0.15) is 5.54 Å². The zero-order valence-electron chi connectivity index (χ0n) is 11.1. The molecule has 2 heterocycles. The number of ether oxygens (including phenoxy) is 1. The molecule has 0 aromatic carbocycles. The standard InChI is InChI=1S/C12H16N4O3/c1-7-8(6-14-11(13)15-7)9(17)16-5-4-12(16,2)10(18)19-3/h6H,4-5H2,1-3H3,(H2,13,14,15). The Kier molecular flexibility index (Phi) is 3.13. The van der Waals surface area contributed by atoms with Crippen molar-refractivity contribution in [2.24, 2.45) is 0 Å². The first-order valence-corrected chi connectivity index (χ1v) is 5.89. The Labute approximate surface area is 110 Å². The van der Waals surface area contributed by atoms with Crippen molar-refractivity contribution in [2.45, 2.75) is 25.8 Å². The molecule has 1 unspecified atom stereocenters. The van der Waals surface area contributed by atoms with E-state index in [1.165, 1.54) is 18.2 Å². The molecule has 0 aliphatic carbocycles. The quantitative estimate of drug-likeness (QED) is 0.763. The maximum atomic E-state index is 12.4. The van der Waals surface area contributed by atoms with E-state index in [4.69, 9.17) is 10.5 Å². The summed E-state index contributed by atoms with van der Waals surface area (Å²) in [5.41, 5.74) is 5.40. The van der Waals surface area contributed by atoms with Gasteiger partial charge in [-0.25, -0.2) is 14.8 Å². The summed E-state index contributed by atoms with van der Waals surface area (Å²) in [5.74, 6) is -0.578. The van der Waals surface area contributed by atoms with Gasteiger partial charge >= 0.3 is 5.97 Å². The van der Waals surface area contributed by atoms with E-state index in [-0.39, 0.29) is 11.9 Å². The number of likely N-dealkylation sites (tertiary alicyclic amines) is 1. The lowest BCUT2D eigenvalue weighted by Crippen LogP contribution is -2.65. The molecule has 1 atom stereocenters. The van der Waals surface area contributed by atoms with Crippen molar-refractivity contribution in [3.8, 4) is 0 Å². The van der Waals surface area contributed by atoms with Crippen molar-refractivity contribution in [3.05, 3.63) is 17.5 Å². The van der Waals surface area contributed by atoms with E-state index in [0.717, 1.165) is 0 Å². The van der Waals surface area contributed by atoms with Crippen LogP contribution in [-0.2, 0) is 9.53 Å². The molecule has 1 saturated heterocycles. The number of carbonyl (C=O) groups is 2. The molecule has 7 nitrogen and oxygen atoms in total. The zero-order valence-corrected chi connectivity index (χ0v) is 11.1. The first kappa shape index (κ1) is 13.3. The van der Waals surface area contributed by atoms with E-state index in [1.54, 1.807) is 13.8 Å². The van der Waals surface area contributed by atoms with Gasteiger partial charge < -0.3 is 15.4 Å². The molecule has 0 spiro atoms. The van der Waals surface area contributed by atoms with Crippen LogP contribution in [0.25, 0.3) is 0 Å². The number of rotatable bonds is 2. The summed E-state index contributed by atoms with van der Waals surface area (Å²) in [7, 11) is 1.31. The molecule has 1 aromatic rings. The Hall–Kier alpha value is -2.18. The van der Waals surface area contributed by atoms with Crippen LogP contribution < -0.4 is 5.73 Å². The smallest absolute Gasteiger partial charge is 0.331 e. The number of nitrogen functional groups attached to an aromatic ring is 1. The molecular weight excluding hydrogens is 248 g/mol. The van der Waals surface area contributed by atoms with Gasteiger partial charge in [-0.1, -0.05) is 0 Å². The Morgan fingerprint density at radius 3 is 2.68 bits per heavy atom. The van der Waals surface area contributed by atoms with Crippen molar-refractivity contribution in [3.63, 3.8) is 0 Å². The monoisotopic (exact) mass is 264 g/mol. The number of nitrogens with two attached hydrogens (primary N) is 1. The van der Waals surface area contributed by atoms with Crippen LogP contribution in [0.2, 0.25) is 0 Å². The van der Waals surface area contributed by atoms with Crippen LogP contribution in [0.3, 0.4) is 0 Å². The van der Waals surface area contributed by atoms with Gasteiger partial charge in [0.2, 0.25) is 5.95 Å². The third-order valence-electron chi connectivity index (χ3n) is 3.52. The second-order valence-electron chi connectivity index (χ2n) is 4.70. The number of hydrogen-bond acceptors (Lipinski definition) is 6. The molecule has 102 valence electrons. The number of carbonyl (C=O) groups excluding carboxylic acids is 2. The fourth-order valence-electron chi connectivity index (χ4n) is 2.16. The van der Waals surface area contributed by atoms with Crippen molar-refractivity contribution in [2.75, 3.05) is 19.4 Å². The molecule has 1 amide bonds. The maximum absolute atomic E-state index is 12.4. The lowest BCUT2D eigenvalue weighted by molar-refractivity contribution is -0.159. The molecule has 1 fully saturated rings. The van der Waals surface area contributed by atoms with Crippen LogP contribution in [0.15, 0.2) is 6.20 Å². The fraction of sp³-hybridized carbons (Fsp3) is 0.500. The summed E-state index contributed by atoms with van der Waals surface area (Å²) in [4.78, 5) is 33.4. The van der Waals surface area contributed by atoms with Gasteiger partial charge in [-0.05, 0) is 20.3 Å². The third-order valence-corrected chi connectivity index (χ3v) is 3.52. The van der Waals surface area contributed by atoms with E-state index >= 15 is 0 Å². The molecule has 2 rings (SSSR count). The van der Waals surface area contributed by atoms with E-state index in [0.29, 0.717) is 24.2 Å². The van der Waals surface area contributed by atoms with Crippen LogP contribution in [0, 0.1) is 6.92 Å². The van der Waals surface area contributed by atoms with Gasteiger partial charge in [-0.15, -0.1) is 0 Å². The van der Waals surface area contributed by atoms with E-state index in [1.807, 2.05) is 0 Å². The Morgan fingerprint density at radius 1 is 1.53 bits per heavy atom. The van der Waals surface area contributed by atoms with Gasteiger partial charge in [0.15, 0.2) is 0 Å². The molecular formula is C12H16N4O3. The molecule has 0 saturated carbocycles. The van der Waals surface area contributed by atoms with Crippen molar-refractivity contribution in [1.29, 1.82) is 0 Å². The highest BCUT2D eigenvalue weighted by Gasteiger charge is 2.50. The summed E-state index contributed by atoms with van der Waals surface area (Å²) >= 11 is 0. The molecule has 0 radical (unpaired) electrons. The fourth-order valence-corrected chi connectivity index (χ4v) is 2.16. The van der Waals surface area contributed by atoms with Crippen molar-refractivity contribution in [1.82, 2.24) is 14.9 Å². The first-order chi connectivity index (χ1) is 8.90. The van der Waals surface area contributed by atoms with Crippen molar-refractivity contribution < 1.29 is 14.3 Å². The van der Waals surface area contributed by atoms with E-state index < -0.39 is 11.5 Å². The Morgan fingerprint density at radius 2 is 2.21 bits per heavy atom. The van der Waals surface area contributed by atoms with Gasteiger partial charge in [0, 0.05) is 12.7 Å². The van der Waals surface area contributed by atoms with Crippen LogP contribution in [0.5, 0.6) is 0 Å². The number of nitrogens with zero attached hydrogens (tertiary/aromatic N) is 3. The number of amides is 1. The summed E-state index contributed by atoms with van der Waals surface area (Å²) in [6.45, 7) is 3.88.